The van der Waals surface area contributed by atoms with E-state index >= 15 is 0 Å². The van der Waals surface area contributed by atoms with Crippen LogP contribution in [0.15, 0.2) is 48.1 Å². The molecule has 0 unspecified atom stereocenters. The first-order valence-corrected chi connectivity index (χ1v) is 4.33. The second-order valence-electron chi connectivity index (χ2n) is 2.88. The molecule has 1 aromatic rings. The van der Waals surface area contributed by atoms with Gasteiger partial charge in [-0.1, -0.05) is 54.1 Å². The summed E-state index contributed by atoms with van der Waals surface area (Å²) < 4.78 is 0. The molecule has 0 heterocycles. The number of rotatable bonds is 3. The van der Waals surface area contributed by atoms with E-state index in [1.54, 1.807) is 6.08 Å². The number of allylic oxidation sites excluding steroid dienone is 2. The lowest BCUT2D eigenvalue weighted by Gasteiger charge is -1.93. The van der Waals surface area contributed by atoms with E-state index < -0.39 is 0 Å². The zero-order valence-corrected chi connectivity index (χ0v) is 7.77. The first kappa shape index (κ1) is 9.75. The number of aliphatic hydroxyl groups is 1. The smallest absolute Gasteiger partial charge is 0.0615 e. The lowest BCUT2D eigenvalue weighted by atomic mass is 10.1. The maximum Gasteiger partial charge on any atom is 0.0615 e. The predicted molar refractivity (Wildman–Crippen MR) is 56.3 cm³/mol. The van der Waals surface area contributed by atoms with Gasteiger partial charge < -0.3 is 5.11 Å². The summed E-state index contributed by atoms with van der Waals surface area (Å²) in [7, 11) is 0. The highest BCUT2D eigenvalue weighted by Crippen LogP contribution is 2.06. The van der Waals surface area contributed by atoms with Gasteiger partial charge >= 0.3 is 0 Å². The van der Waals surface area contributed by atoms with Crippen molar-refractivity contribution in [1.29, 1.82) is 0 Å². The molecule has 1 nitrogen and oxygen atoms in total. The average molecular weight is 174 g/mol. The summed E-state index contributed by atoms with van der Waals surface area (Å²) >= 11 is 0. The molecular weight excluding hydrogens is 160 g/mol. The van der Waals surface area contributed by atoms with Gasteiger partial charge in [-0.3, -0.25) is 0 Å². The second kappa shape index (κ2) is 5.33. The average Bonchev–Trinajstić information content (AvgIpc) is 2.16. The van der Waals surface area contributed by atoms with Crippen molar-refractivity contribution in [3.05, 3.63) is 53.6 Å². The molecular formula is C12H14O. The van der Waals surface area contributed by atoms with Crippen LogP contribution in [-0.2, 0) is 0 Å². The van der Waals surface area contributed by atoms with E-state index in [2.05, 4.69) is 18.2 Å². The Labute approximate surface area is 79.0 Å². The van der Waals surface area contributed by atoms with Crippen molar-refractivity contribution in [3.63, 3.8) is 0 Å². The summed E-state index contributed by atoms with van der Waals surface area (Å²) in [4.78, 5) is 0. The summed E-state index contributed by atoms with van der Waals surface area (Å²) in [6.45, 7) is 2.11. The van der Waals surface area contributed by atoms with Crippen molar-refractivity contribution in [2.45, 2.75) is 6.92 Å². The first-order chi connectivity index (χ1) is 6.33. The Morgan fingerprint density at radius 1 is 1.31 bits per heavy atom. The van der Waals surface area contributed by atoms with Crippen molar-refractivity contribution < 1.29 is 5.11 Å². The van der Waals surface area contributed by atoms with Crippen molar-refractivity contribution in [2.24, 2.45) is 0 Å². The maximum atomic E-state index is 8.57. The van der Waals surface area contributed by atoms with Gasteiger partial charge in [0.25, 0.3) is 0 Å². The molecule has 0 amide bonds. The van der Waals surface area contributed by atoms with Gasteiger partial charge in [0.15, 0.2) is 0 Å². The Morgan fingerprint density at radius 3 is 2.62 bits per heavy atom. The van der Waals surface area contributed by atoms with E-state index in [0.29, 0.717) is 0 Å². The van der Waals surface area contributed by atoms with E-state index in [9.17, 15) is 0 Å². The molecule has 0 aliphatic rings. The number of benzene rings is 1. The van der Waals surface area contributed by atoms with Crippen LogP contribution in [0.1, 0.15) is 12.5 Å². The van der Waals surface area contributed by atoms with Gasteiger partial charge in [0.1, 0.15) is 0 Å². The highest BCUT2D eigenvalue weighted by molar-refractivity contribution is 5.54. The van der Waals surface area contributed by atoms with Crippen molar-refractivity contribution in [2.75, 3.05) is 6.61 Å². The fourth-order valence-electron chi connectivity index (χ4n) is 1.10. The Bertz CT molecular complexity index is 296. The number of hydrogen-bond donors (Lipinski definition) is 1. The molecule has 0 fully saturated rings. The van der Waals surface area contributed by atoms with Crippen LogP contribution in [0.25, 0.3) is 6.08 Å². The van der Waals surface area contributed by atoms with Crippen molar-refractivity contribution >= 4 is 6.08 Å². The lowest BCUT2D eigenvalue weighted by molar-refractivity contribution is 0.342. The zero-order valence-electron chi connectivity index (χ0n) is 7.77. The van der Waals surface area contributed by atoms with Crippen LogP contribution >= 0.6 is 0 Å². The minimum atomic E-state index is 0.0972. The van der Waals surface area contributed by atoms with E-state index in [0.717, 1.165) is 5.57 Å². The van der Waals surface area contributed by atoms with E-state index in [4.69, 9.17) is 5.11 Å². The van der Waals surface area contributed by atoms with Gasteiger partial charge in [-0.05, 0) is 12.5 Å². The van der Waals surface area contributed by atoms with Crippen LogP contribution in [0.4, 0.5) is 0 Å². The molecule has 0 bridgehead atoms. The summed E-state index contributed by atoms with van der Waals surface area (Å²) in [6, 6.07) is 10.1. The number of aliphatic hydroxyl groups excluding tert-OH is 1. The van der Waals surface area contributed by atoms with Crippen LogP contribution in [-0.4, -0.2) is 11.7 Å². The van der Waals surface area contributed by atoms with Crippen molar-refractivity contribution in [1.82, 2.24) is 0 Å². The normalized spacial score (nSPS) is 12.3. The first-order valence-electron chi connectivity index (χ1n) is 4.33. The summed E-state index contributed by atoms with van der Waals surface area (Å²) in [5.41, 5.74) is 2.32. The second-order valence-corrected chi connectivity index (χ2v) is 2.88. The molecule has 13 heavy (non-hydrogen) atoms. The molecule has 0 atom stereocenters. The van der Waals surface area contributed by atoms with Gasteiger partial charge in [0, 0.05) is 0 Å². The van der Waals surface area contributed by atoms with Crippen molar-refractivity contribution in [3.8, 4) is 0 Å². The molecule has 1 aromatic carbocycles. The minimum Gasteiger partial charge on any atom is -0.392 e. The molecule has 68 valence electrons. The molecule has 0 saturated heterocycles. The lowest BCUT2D eigenvalue weighted by Crippen LogP contribution is -1.75. The highest BCUT2D eigenvalue weighted by Gasteiger charge is 1.85. The van der Waals surface area contributed by atoms with Crippen LogP contribution in [0.2, 0.25) is 0 Å². The fraction of sp³-hybridized carbons (Fsp3) is 0.167. The quantitative estimate of drug-likeness (QED) is 0.698. The van der Waals surface area contributed by atoms with Crippen LogP contribution in [0.5, 0.6) is 0 Å². The molecule has 0 radical (unpaired) electrons. The van der Waals surface area contributed by atoms with E-state index in [1.165, 1.54) is 5.56 Å². The standard InChI is InChI=1S/C12H14O/c1-11(6-5-9-13)10-12-7-3-2-4-8-12/h2-8,10,13H,9H2,1H3/b6-5+,11-10-. The third-order valence-electron chi connectivity index (χ3n) is 1.68. The molecule has 0 aliphatic heterocycles. The number of hydrogen-bond acceptors (Lipinski definition) is 1. The Morgan fingerprint density at radius 2 is 2.00 bits per heavy atom. The van der Waals surface area contributed by atoms with E-state index in [1.807, 2.05) is 31.2 Å². The molecule has 0 spiro atoms. The Kier molecular flexibility index (Phi) is 4.00. The molecule has 1 N–H and O–H groups in total. The largest absolute Gasteiger partial charge is 0.392 e. The third kappa shape index (κ3) is 3.72. The SMILES string of the molecule is CC(=C/c1ccccc1)/C=C/CO. The molecule has 0 saturated carbocycles. The van der Waals surface area contributed by atoms with Gasteiger partial charge in [-0.25, -0.2) is 0 Å². The summed E-state index contributed by atoms with van der Waals surface area (Å²) in [5, 5.41) is 8.57. The zero-order chi connectivity index (χ0) is 9.52. The van der Waals surface area contributed by atoms with Crippen LogP contribution in [0, 0.1) is 0 Å². The van der Waals surface area contributed by atoms with Crippen LogP contribution < -0.4 is 0 Å². The predicted octanol–water partition coefficient (Wildman–Crippen LogP) is 2.64. The van der Waals surface area contributed by atoms with E-state index in [-0.39, 0.29) is 6.61 Å². The molecule has 1 heteroatoms. The summed E-state index contributed by atoms with van der Waals surface area (Å²) in [5.74, 6) is 0. The van der Waals surface area contributed by atoms with Gasteiger partial charge in [0.05, 0.1) is 6.61 Å². The Balaban J connectivity index is 2.71. The topological polar surface area (TPSA) is 20.2 Å². The highest BCUT2D eigenvalue weighted by atomic mass is 16.2. The van der Waals surface area contributed by atoms with Gasteiger partial charge in [-0.2, -0.15) is 0 Å². The fourth-order valence-corrected chi connectivity index (χ4v) is 1.10. The maximum absolute atomic E-state index is 8.57. The Hall–Kier alpha value is -1.34. The van der Waals surface area contributed by atoms with Gasteiger partial charge in [0.2, 0.25) is 0 Å². The minimum absolute atomic E-state index is 0.0972. The molecule has 0 aliphatic carbocycles. The van der Waals surface area contributed by atoms with Crippen LogP contribution in [0.3, 0.4) is 0 Å². The third-order valence-corrected chi connectivity index (χ3v) is 1.68. The molecule has 0 aromatic heterocycles. The molecule has 1 rings (SSSR count). The van der Waals surface area contributed by atoms with Gasteiger partial charge in [-0.15, -0.1) is 0 Å². The summed E-state index contributed by atoms with van der Waals surface area (Å²) in [6.07, 6.45) is 5.72. The monoisotopic (exact) mass is 174 g/mol.